The van der Waals surface area contributed by atoms with E-state index in [-0.39, 0.29) is 11.8 Å². The fraction of sp³-hybridized carbons (Fsp3) is 0.435. The molecule has 3 atom stereocenters. The third kappa shape index (κ3) is 4.82. The van der Waals surface area contributed by atoms with Crippen LogP contribution in [0.4, 0.5) is 0 Å². The Morgan fingerprint density at radius 1 is 1.18 bits per heavy atom. The van der Waals surface area contributed by atoms with E-state index in [1.54, 1.807) is 20.1 Å². The molecule has 0 aliphatic carbocycles. The smallest absolute Gasteiger partial charge is 0.306 e. The first-order chi connectivity index (χ1) is 13.2. The standard InChI is InChI=1S/C23H28Cl2O3/c1-6-7-16-10-17(24)11-20(25)22(16)21(14(3)15(4)23(26)27)19-12-18(28-5)9-8-13(19)2/h8-12,14-15,21H,6-7H2,1-5H3,(H,26,27). The maximum absolute atomic E-state index is 11.8. The van der Waals surface area contributed by atoms with Crippen LogP contribution in [0.1, 0.15) is 55.4 Å². The molecular weight excluding hydrogens is 395 g/mol. The van der Waals surface area contributed by atoms with Crippen molar-refractivity contribution in [1.82, 2.24) is 0 Å². The van der Waals surface area contributed by atoms with Crippen molar-refractivity contribution in [3.63, 3.8) is 0 Å². The fourth-order valence-corrected chi connectivity index (χ4v) is 4.41. The number of aliphatic carboxylic acids is 1. The number of hydrogen-bond acceptors (Lipinski definition) is 2. The Hall–Kier alpha value is -1.71. The minimum absolute atomic E-state index is 0.183. The summed E-state index contributed by atoms with van der Waals surface area (Å²) in [6.45, 7) is 7.86. The van der Waals surface area contributed by atoms with Gasteiger partial charge in [0, 0.05) is 16.0 Å². The number of carboxylic acid groups (broad SMARTS) is 1. The lowest BCUT2D eigenvalue weighted by atomic mass is 9.73. The highest BCUT2D eigenvalue weighted by Crippen LogP contribution is 2.44. The van der Waals surface area contributed by atoms with Crippen LogP contribution < -0.4 is 4.74 Å². The topological polar surface area (TPSA) is 46.5 Å². The van der Waals surface area contributed by atoms with E-state index >= 15 is 0 Å². The highest BCUT2D eigenvalue weighted by Gasteiger charge is 2.33. The van der Waals surface area contributed by atoms with Gasteiger partial charge in [0.25, 0.3) is 0 Å². The second kappa shape index (κ2) is 9.67. The highest BCUT2D eigenvalue weighted by molar-refractivity contribution is 6.35. The molecule has 0 heterocycles. The van der Waals surface area contributed by atoms with Crippen molar-refractivity contribution in [1.29, 1.82) is 0 Å². The van der Waals surface area contributed by atoms with Crippen molar-refractivity contribution < 1.29 is 14.6 Å². The van der Waals surface area contributed by atoms with E-state index in [0.29, 0.717) is 10.0 Å². The molecule has 1 N–H and O–H groups in total. The number of aryl methyl sites for hydroxylation is 2. The van der Waals surface area contributed by atoms with E-state index in [1.807, 2.05) is 38.1 Å². The molecule has 0 bridgehead atoms. The van der Waals surface area contributed by atoms with Crippen molar-refractivity contribution in [3.05, 3.63) is 62.6 Å². The van der Waals surface area contributed by atoms with Crippen molar-refractivity contribution in [3.8, 4) is 5.75 Å². The van der Waals surface area contributed by atoms with Crippen LogP contribution >= 0.6 is 23.2 Å². The summed E-state index contributed by atoms with van der Waals surface area (Å²) in [6.07, 6.45) is 1.76. The second-order valence-electron chi connectivity index (χ2n) is 7.40. The number of benzene rings is 2. The van der Waals surface area contributed by atoms with Gasteiger partial charge >= 0.3 is 5.97 Å². The van der Waals surface area contributed by atoms with Crippen molar-refractivity contribution in [2.45, 2.75) is 46.5 Å². The van der Waals surface area contributed by atoms with Crippen LogP contribution in [0.3, 0.4) is 0 Å². The summed E-state index contributed by atoms with van der Waals surface area (Å²) in [4.78, 5) is 11.8. The van der Waals surface area contributed by atoms with Gasteiger partial charge in [-0.05, 0) is 65.8 Å². The van der Waals surface area contributed by atoms with E-state index in [2.05, 4.69) is 6.92 Å². The van der Waals surface area contributed by atoms with Gasteiger partial charge in [-0.2, -0.15) is 0 Å². The second-order valence-corrected chi connectivity index (χ2v) is 8.24. The Labute approximate surface area is 177 Å². The third-order valence-electron chi connectivity index (χ3n) is 5.54. The van der Waals surface area contributed by atoms with E-state index in [9.17, 15) is 9.90 Å². The first kappa shape index (κ1) is 22.6. The van der Waals surface area contributed by atoms with Gasteiger partial charge in [-0.25, -0.2) is 0 Å². The predicted octanol–water partition coefficient (Wildman–Crippen LogP) is 6.75. The number of methoxy groups -OCH3 is 1. The number of carbonyl (C=O) groups is 1. The van der Waals surface area contributed by atoms with Crippen molar-refractivity contribution in [2.24, 2.45) is 11.8 Å². The van der Waals surface area contributed by atoms with Crippen molar-refractivity contribution in [2.75, 3.05) is 7.11 Å². The Bertz CT molecular complexity index is 848. The van der Waals surface area contributed by atoms with E-state index < -0.39 is 11.9 Å². The molecule has 2 aromatic carbocycles. The van der Waals surface area contributed by atoms with Gasteiger partial charge in [-0.3, -0.25) is 4.79 Å². The number of carboxylic acids is 1. The van der Waals surface area contributed by atoms with Crippen molar-refractivity contribution >= 4 is 29.2 Å². The van der Waals surface area contributed by atoms with Crippen LogP contribution in [0, 0.1) is 18.8 Å². The summed E-state index contributed by atoms with van der Waals surface area (Å²) in [5, 5.41) is 10.8. The van der Waals surface area contributed by atoms with E-state index in [4.69, 9.17) is 27.9 Å². The van der Waals surface area contributed by atoms with Crippen LogP contribution in [-0.2, 0) is 11.2 Å². The van der Waals surface area contributed by atoms with Crippen LogP contribution in [0.25, 0.3) is 0 Å². The molecule has 0 spiro atoms. The highest BCUT2D eigenvalue weighted by atomic mass is 35.5. The molecule has 5 heteroatoms. The fourth-order valence-electron chi connectivity index (χ4n) is 3.76. The Morgan fingerprint density at radius 2 is 1.86 bits per heavy atom. The number of ether oxygens (including phenoxy) is 1. The summed E-state index contributed by atoms with van der Waals surface area (Å²) in [7, 11) is 1.63. The van der Waals surface area contributed by atoms with Crippen LogP contribution in [0.15, 0.2) is 30.3 Å². The zero-order chi connectivity index (χ0) is 21.0. The lowest BCUT2D eigenvalue weighted by molar-refractivity contribution is -0.142. The maximum Gasteiger partial charge on any atom is 0.306 e. The SMILES string of the molecule is CCCc1cc(Cl)cc(Cl)c1C(c1cc(OC)ccc1C)C(C)C(C)C(=O)O. The molecule has 3 unspecified atom stereocenters. The van der Waals surface area contributed by atoms with Gasteiger partial charge < -0.3 is 9.84 Å². The summed E-state index contributed by atoms with van der Waals surface area (Å²) in [5.74, 6) is -0.995. The van der Waals surface area contributed by atoms with Crippen LogP contribution in [-0.4, -0.2) is 18.2 Å². The van der Waals surface area contributed by atoms with Crippen LogP contribution in [0.2, 0.25) is 10.0 Å². The lowest BCUT2D eigenvalue weighted by Crippen LogP contribution is -2.26. The Morgan fingerprint density at radius 3 is 2.43 bits per heavy atom. The molecule has 152 valence electrons. The molecule has 0 fully saturated rings. The van der Waals surface area contributed by atoms with E-state index in [1.165, 1.54) is 0 Å². The molecule has 0 saturated heterocycles. The molecule has 0 aliphatic rings. The zero-order valence-electron chi connectivity index (χ0n) is 17.1. The number of halogens is 2. The molecule has 2 aromatic rings. The molecule has 0 amide bonds. The monoisotopic (exact) mass is 422 g/mol. The van der Waals surface area contributed by atoms with Gasteiger partial charge in [0.2, 0.25) is 0 Å². The molecule has 0 saturated carbocycles. The molecule has 28 heavy (non-hydrogen) atoms. The average molecular weight is 423 g/mol. The Balaban J connectivity index is 2.79. The Kier molecular flexibility index (Phi) is 7.79. The summed E-state index contributed by atoms with van der Waals surface area (Å²) in [5.41, 5.74) is 4.13. The van der Waals surface area contributed by atoms with Crippen LogP contribution in [0.5, 0.6) is 5.75 Å². The minimum Gasteiger partial charge on any atom is -0.497 e. The summed E-state index contributed by atoms with van der Waals surface area (Å²) >= 11 is 13.0. The maximum atomic E-state index is 11.8. The van der Waals surface area contributed by atoms with Gasteiger partial charge in [-0.1, -0.05) is 56.5 Å². The minimum atomic E-state index is -0.819. The van der Waals surface area contributed by atoms with E-state index in [0.717, 1.165) is 40.8 Å². The number of rotatable bonds is 8. The normalized spacial score (nSPS) is 14.4. The summed E-state index contributed by atoms with van der Waals surface area (Å²) in [6, 6.07) is 9.61. The lowest BCUT2D eigenvalue weighted by Gasteiger charge is -2.32. The molecular formula is C23H28Cl2O3. The number of hydrogen-bond donors (Lipinski definition) is 1. The zero-order valence-corrected chi connectivity index (χ0v) is 18.6. The first-order valence-electron chi connectivity index (χ1n) is 9.56. The quantitative estimate of drug-likeness (QED) is 0.511. The first-order valence-corrected chi connectivity index (χ1v) is 10.3. The molecule has 0 aliphatic heterocycles. The molecule has 0 radical (unpaired) electrons. The van der Waals surface area contributed by atoms with Gasteiger partial charge in [-0.15, -0.1) is 0 Å². The average Bonchev–Trinajstić information content (AvgIpc) is 2.64. The molecule has 0 aromatic heterocycles. The van der Waals surface area contributed by atoms with Gasteiger partial charge in [0.05, 0.1) is 13.0 Å². The van der Waals surface area contributed by atoms with Gasteiger partial charge in [0.1, 0.15) is 5.75 Å². The molecule has 2 rings (SSSR count). The molecule has 3 nitrogen and oxygen atoms in total. The van der Waals surface area contributed by atoms with Gasteiger partial charge in [0.15, 0.2) is 0 Å². The summed E-state index contributed by atoms with van der Waals surface area (Å²) < 4.78 is 5.44. The largest absolute Gasteiger partial charge is 0.497 e. The predicted molar refractivity (Wildman–Crippen MR) is 116 cm³/mol. The third-order valence-corrected chi connectivity index (χ3v) is 6.07.